The van der Waals surface area contributed by atoms with Crippen molar-refractivity contribution in [3.63, 3.8) is 0 Å². The summed E-state index contributed by atoms with van der Waals surface area (Å²) in [4.78, 5) is 18.5. The van der Waals surface area contributed by atoms with Crippen molar-refractivity contribution < 1.29 is 5.11 Å². The number of halogens is 1. The van der Waals surface area contributed by atoms with Gasteiger partial charge in [-0.25, -0.2) is 9.97 Å². The number of fused-ring (bicyclic) bond motifs is 2. The first-order valence-corrected chi connectivity index (χ1v) is 12.3. The van der Waals surface area contributed by atoms with E-state index in [4.69, 9.17) is 21.6 Å². The lowest BCUT2D eigenvalue weighted by Gasteiger charge is -2.12. The SMILES string of the molecule is CCC(O)Nc1cncc(-c2ccc3[nH]nc(-c4nc5c(-c6ccc(Cl)s6)cccc5[nH]4)c3n2)c1. The molecule has 5 aromatic heterocycles. The van der Waals surface area contributed by atoms with Crippen molar-refractivity contribution in [3.05, 3.63) is 65.3 Å². The number of aromatic amines is 2. The first kappa shape index (κ1) is 21.7. The summed E-state index contributed by atoms with van der Waals surface area (Å²) in [7, 11) is 0. The fraction of sp³-hybridized carbons (Fsp3) is 0.120. The molecule has 1 aromatic carbocycles. The third-order valence-electron chi connectivity index (χ3n) is 5.74. The van der Waals surface area contributed by atoms with Gasteiger partial charge in [0.15, 0.2) is 11.5 Å². The first-order chi connectivity index (χ1) is 17.1. The van der Waals surface area contributed by atoms with Gasteiger partial charge in [0.05, 0.1) is 38.5 Å². The van der Waals surface area contributed by atoms with Gasteiger partial charge in [-0.3, -0.25) is 10.1 Å². The Balaban J connectivity index is 1.42. The molecule has 0 aliphatic carbocycles. The van der Waals surface area contributed by atoms with Crippen LogP contribution >= 0.6 is 22.9 Å². The summed E-state index contributed by atoms with van der Waals surface area (Å²) in [6, 6.07) is 15.7. The molecule has 4 N–H and O–H groups in total. The maximum absolute atomic E-state index is 9.92. The van der Waals surface area contributed by atoms with Crippen molar-refractivity contribution >= 4 is 50.7 Å². The minimum Gasteiger partial charge on any atom is -0.374 e. The number of hydrogen-bond donors (Lipinski definition) is 4. The van der Waals surface area contributed by atoms with E-state index in [1.165, 1.54) is 11.3 Å². The van der Waals surface area contributed by atoms with Crippen molar-refractivity contribution in [2.45, 2.75) is 19.6 Å². The molecule has 0 saturated heterocycles. The number of aromatic nitrogens is 6. The van der Waals surface area contributed by atoms with E-state index >= 15 is 0 Å². The average molecular weight is 502 g/mol. The van der Waals surface area contributed by atoms with Crippen molar-refractivity contribution in [2.75, 3.05) is 5.32 Å². The van der Waals surface area contributed by atoms with E-state index in [1.54, 1.807) is 12.4 Å². The van der Waals surface area contributed by atoms with Crippen LogP contribution < -0.4 is 5.32 Å². The average Bonchev–Trinajstić information content (AvgIpc) is 3.61. The molecule has 1 atom stereocenters. The van der Waals surface area contributed by atoms with Crippen LogP contribution in [0.15, 0.2) is 60.9 Å². The number of benzene rings is 1. The van der Waals surface area contributed by atoms with Crippen LogP contribution in [0.1, 0.15) is 13.3 Å². The van der Waals surface area contributed by atoms with Gasteiger partial charge >= 0.3 is 0 Å². The Hall–Kier alpha value is -3.79. The Bertz CT molecular complexity index is 1670. The Morgan fingerprint density at radius 2 is 1.97 bits per heavy atom. The molecule has 6 aromatic rings. The number of rotatable bonds is 6. The van der Waals surface area contributed by atoms with Gasteiger partial charge in [0.1, 0.15) is 11.7 Å². The Morgan fingerprint density at radius 1 is 1.06 bits per heavy atom. The first-order valence-electron chi connectivity index (χ1n) is 11.1. The fourth-order valence-corrected chi connectivity index (χ4v) is 5.05. The second kappa shape index (κ2) is 8.77. The zero-order valence-electron chi connectivity index (χ0n) is 18.6. The van der Waals surface area contributed by atoms with Crippen LogP contribution in [-0.2, 0) is 0 Å². The monoisotopic (exact) mass is 501 g/mol. The van der Waals surface area contributed by atoms with Crippen LogP contribution in [0.25, 0.3) is 55.3 Å². The predicted molar refractivity (Wildman–Crippen MR) is 140 cm³/mol. The number of hydrogen-bond acceptors (Lipinski definition) is 7. The minimum atomic E-state index is -0.633. The van der Waals surface area contributed by atoms with Gasteiger partial charge in [-0.05, 0) is 42.8 Å². The van der Waals surface area contributed by atoms with Gasteiger partial charge in [0.25, 0.3) is 0 Å². The lowest BCUT2D eigenvalue weighted by molar-refractivity contribution is 0.199. The lowest BCUT2D eigenvalue weighted by atomic mass is 10.1. The van der Waals surface area contributed by atoms with Crippen LogP contribution in [-0.4, -0.2) is 41.5 Å². The van der Waals surface area contributed by atoms with Gasteiger partial charge in [-0.2, -0.15) is 5.10 Å². The molecule has 5 heterocycles. The molecule has 0 bridgehead atoms. The Kier molecular flexibility index (Phi) is 5.44. The highest BCUT2D eigenvalue weighted by Crippen LogP contribution is 2.36. The molecule has 174 valence electrons. The maximum atomic E-state index is 9.92. The summed E-state index contributed by atoms with van der Waals surface area (Å²) >= 11 is 7.69. The molecule has 6 rings (SSSR count). The molecular weight excluding hydrogens is 482 g/mol. The molecule has 8 nitrogen and oxygen atoms in total. The number of nitrogens with one attached hydrogen (secondary N) is 3. The molecule has 1 unspecified atom stereocenters. The number of aliphatic hydroxyl groups is 1. The molecular formula is C25H20ClN7OS. The van der Waals surface area contributed by atoms with E-state index in [-0.39, 0.29) is 0 Å². The fourth-order valence-electron chi connectivity index (χ4n) is 3.98. The third-order valence-corrected chi connectivity index (χ3v) is 7.00. The zero-order chi connectivity index (χ0) is 23.9. The summed E-state index contributed by atoms with van der Waals surface area (Å²) in [6.07, 6.45) is 3.38. The Labute approximate surface area is 209 Å². The van der Waals surface area contributed by atoms with Crippen LogP contribution in [0.4, 0.5) is 5.69 Å². The number of nitrogens with zero attached hydrogens (tertiary/aromatic N) is 4. The van der Waals surface area contributed by atoms with Crippen molar-refractivity contribution in [1.29, 1.82) is 0 Å². The number of pyridine rings is 2. The van der Waals surface area contributed by atoms with E-state index in [9.17, 15) is 5.11 Å². The molecule has 35 heavy (non-hydrogen) atoms. The number of aliphatic hydroxyl groups excluding tert-OH is 1. The quantitative estimate of drug-likeness (QED) is 0.205. The van der Waals surface area contributed by atoms with Gasteiger partial charge in [0, 0.05) is 22.2 Å². The molecule has 0 amide bonds. The number of H-pyrrole nitrogens is 2. The standard InChI is InChI=1S/C25H20ClN7OS/c1-2-21(34)28-14-10-13(11-27-12-14)16-6-7-18-23(29-16)24(33-32-18)25-30-17-5-3-4-15(22(17)31-25)19-8-9-20(26)35-19/h3-12,21,28,34H,2H2,1H3,(H,30,31)(H,32,33). The highest BCUT2D eigenvalue weighted by atomic mass is 35.5. The normalized spacial score (nSPS) is 12.4. The van der Waals surface area contributed by atoms with Gasteiger partial charge in [-0.15, -0.1) is 11.3 Å². The highest BCUT2D eigenvalue weighted by molar-refractivity contribution is 7.19. The number of imidazole rings is 1. The van der Waals surface area contributed by atoms with E-state index in [1.807, 2.05) is 55.5 Å². The number of thiophene rings is 1. The molecule has 0 spiro atoms. The van der Waals surface area contributed by atoms with E-state index < -0.39 is 6.23 Å². The number of para-hydroxylation sites is 1. The Morgan fingerprint density at radius 3 is 2.80 bits per heavy atom. The van der Waals surface area contributed by atoms with Crippen LogP contribution in [0, 0.1) is 0 Å². The van der Waals surface area contributed by atoms with Crippen molar-refractivity contribution in [1.82, 2.24) is 30.1 Å². The summed E-state index contributed by atoms with van der Waals surface area (Å²) in [5.74, 6) is 0.630. The summed E-state index contributed by atoms with van der Waals surface area (Å²) in [5, 5.41) is 20.5. The summed E-state index contributed by atoms with van der Waals surface area (Å²) in [6.45, 7) is 1.90. The van der Waals surface area contributed by atoms with Crippen LogP contribution in [0.5, 0.6) is 0 Å². The summed E-state index contributed by atoms with van der Waals surface area (Å²) in [5.41, 5.74) is 7.22. The third kappa shape index (κ3) is 4.03. The molecule has 10 heteroatoms. The van der Waals surface area contributed by atoms with Crippen molar-refractivity contribution in [2.24, 2.45) is 0 Å². The van der Waals surface area contributed by atoms with Gasteiger partial charge in [-0.1, -0.05) is 30.7 Å². The molecule has 0 saturated carbocycles. The van der Waals surface area contributed by atoms with Gasteiger partial charge < -0.3 is 15.4 Å². The topological polar surface area (TPSA) is 115 Å². The van der Waals surface area contributed by atoms with Crippen molar-refractivity contribution in [3.8, 4) is 33.2 Å². The molecule has 0 radical (unpaired) electrons. The second-order valence-electron chi connectivity index (χ2n) is 8.09. The lowest BCUT2D eigenvalue weighted by Crippen LogP contribution is -2.16. The zero-order valence-corrected chi connectivity index (χ0v) is 20.2. The van der Waals surface area contributed by atoms with E-state index in [0.717, 1.165) is 48.3 Å². The minimum absolute atomic E-state index is 0.589. The largest absolute Gasteiger partial charge is 0.374 e. The van der Waals surface area contributed by atoms with Gasteiger partial charge in [0.2, 0.25) is 0 Å². The summed E-state index contributed by atoms with van der Waals surface area (Å²) < 4.78 is 0.737. The van der Waals surface area contributed by atoms with Crippen LogP contribution in [0.3, 0.4) is 0 Å². The second-order valence-corrected chi connectivity index (χ2v) is 9.80. The number of anilines is 1. The highest BCUT2D eigenvalue weighted by Gasteiger charge is 2.17. The van der Waals surface area contributed by atoms with E-state index in [0.29, 0.717) is 23.5 Å². The predicted octanol–water partition coefficient (Wildman–Crippen LogP) is 6.09. The maximum Gasteiger partial charge on any atom is 0.161 e. The van der Waals surface area contributed by atoms with E-state index in [2.05, 4.69) is 25.5 Å². The molecule has 0 fully saturated rings. The smallest absolute Gasteiger partial charge is 0.161 e. The molecule has 0 aliphatic rings. The van der Waals surface area contributed by atoms with Crippen LogP contribution in [0.2, 0.25) is 4.34 Å². The molecule has 0 aliphatic heterocycles.